The molecule has 5 aromatic heterocycles. The van der Waals surface area contributed by atoms with Crippen LogP contribution >= 0.6 is 0 Å². The van der Waals surface area contributed by atoms with Crippen molar-refractivity contribution in [1.82, 2.24) is 29.9 Å². The maximum Gasteiger partial charge on any atom is 0.0894 e. The molecule has 4 aromatic carbocycles. The SMILES string of the molecule is C(=C\c1ccnc2ccccc12)/c1nc(/C=C/c2ccnc3ccccc23)c(/C=C/c2ccnc3ccccc23)nc1/C=C/c1ccnc2ccccc12. The lowest BCUT2D eigenvalue weighted by molar-refractivity contribution is 1.12. The zero-order valence-corrected chi connectivity index (χ0v) is 29.2. The summed E-state index contributed by atoms with van der Waals surface area (Å²) in [5.74, 6) is 0. The molecule has 9 rings (SSSR count). The Balaban J connectivity index is 1.22. The second-order valence-electron chi connectivity index (χ2n) is 12.8. The average molecular weight is 693 g/mol. The van der Waals surface area contributed by atoms with Gasteiger partial charge in [-0.15, -0.1) is 0 Å². The molecule has 0 saturated heterocycles. The van der Waals surface area contributed by atoms with Gasteiger partial charge >= 0.3 is 0 Å². The van der Waals surface area contributed by atoms with Gasteiger partial charge in [0.15, 0.2) is 0 Å². The summed E-state index contributed by atoms with van der Waals surface area (Å²) in [5, 5.41) is 4.27. The molecule has 0 spiro atoms. The first-order valence-corrected chi connectivity index (χ1v) is 17.8. The molecule has 0 N–H and O–H groups in total. The minimum Gasteiger partial charge on any atom is -0.256 e. The standard InChI is InChI=1S/C48H32N6/c1-5-13-41-37(9-1)33(25-29-49-41)17-21-45-46(22-18-34-26-30-50-42-14-6-2-10-38(34)42)54-48(24-20-36-28-32-52-44-16-8-4-12-40(36)44)47(53-45)23-19-35-27-31-51-43-15-7-3-11-39(35)43/h1-32H/b21-17+,22-18+,23-19+,24-20+. The van der Waals surface area contributed by atoms with Gasteiger partial charge in [0.2, 0.25) is 0 Å². The van der Waals surface area contributed by atoms with Crippen molar-refractivity contribution >= 4 is 92.2 Å². The summed E-state index contributed by atoms with van der Waals surface area (Å²) in [6.07, 6.45) is 23.9. The van der Waals surface area contributed by atoms with Crippen LogP contribution in [-0.4, -0.2) is 29.9 Å². The van der Waals surface area contributed by atoms with E-state index in [0.29, 0.717) is 0 Å². The topological polar surface area (TPSA) is 77.3 Å². The highest BCUT2D eigenvalue weighted by Crippen LogP contribution is 2.26. The Kier molecular flexibility index (Phi) is 8.81. The van der Waals surface area contributed by atoms with Gasteiger partial charge in [-0.05, 0) is 95.1 Å². The lowest BCUT2D eigenvalue weighted by Crippen LogP contribution is -2.00. The quantitative estimate of drug-likeness (QED) is 0.158. The fourth-order valence-electron chi connectivity index (χ4n) is 6.71. The molecular weight excluding hydrogens is 661 g/mol. The van der Waals surface area contributed by atoms with Gasteiger partial charge in [0.25, 0.3) is 0 Å². The summed E-state index contributed by atoms with van der Waals surface area (Å²) >= 11 is 0. The first-order valence-electron chi connectivity index (χ1n) is 17.8. The summed E-state index contributed by atoms with van der Waals surface area (Å²) in [4.78, 5) is 28.9. The summed E-state index contributed by atoms with van der Waals surface area (Å²) in [7, 11) is 0. The van der Waals surface area contributed by atoms with E-state index in [1.165, 1.54) is 0 Å². The minimum atomic E-state index is 0.733. The lowest BCUT2D eigenvalue weighted by Gasteiger charge is -2.09. The fraction of sp³-hybridized carbons (Fsp3) is 0. The van der Waals surface area contributed by atoms with Crippen LogP contribution < -0.4 is 0 Å². The third-order valence-corrected chi connectivity index (χ3v) is 9.42. The Labute approximate surface area is 312 Å². The van der Waals surface area contributed by atoms with Crippen molar-refractivity contribution in [3.8, 4) is 0 Å². The molecule has 0 bridgehead atoms. The number of rotatable bonds is 8. The van der Waals surface area contributed by atoms with Crippen LogP contribution in [-0.2, 0) is 0 Å². The van der Waals surface area contributed by atoms with Crippen LogP contribution in [0, 0.1) is 0 Å². The van der Waals surface area contributed by atoms with E-state index >= 15 is 0 Å². The molecule has 0 atom stereocenters. The lowest BCUT2D eigenvalue weighted by atomic mass is 10.1. The van der Waals surface area contributed by atoms with E-state index in [1.54, 1.807) is 0 Å². The normalized spacial score (nSPS) is 12.1. The summed E-state index contributed by atoms with van der Waals surface area (Å²) in [6.45, 7) is 0. The zero-order chi connectivity index (χ0) is 36.1. The van der Waals surface area contributed by atoms with E-state index < -0.39 is 0 Å². The van der Waals surface area contributed by atoms with Crippen LogP contribution in [0.25, 0.3) is 92.2 Å². The van der Waals surface area contributed by atoms with Crippen molar-refractivity contribution < 1.29 is 0 Å². The van der Waals surface area contributed by atoms with E-state index in [1.807, 2.05) is 146 Å². The third kappa shape index (κ3) is 6.67. The summed E-state index contributed by atoms with van der Waals surface area (Å²) in [5.41, 5.74) is 10.9. The number of nitrogens with zero attached hydrogens (tertiary/aromatic N) is 6. The smallest absolute Gasteiger partial charge is 0.0894 e. The molecular formula is C48H32N6. The van der Waals surface area contributed by atoms with E-state index in [0.717, 1.165) is 88.6 Å². The number of benzene rings is 4. The Morgan fingerprint density at radius 3 is 0.759 bits per heavy atom. The number of pyridine rings is 4. The molecule has 6 nitrogen and oxygen atoms in total. The van der Waals surface area contributed by atoms with Gasteiger partial charge in [-0.2, -0.15) is 0 Å². The number of fused-ring (bicyclic) bond motifs is 4. The Morgan fingerprint density at radius 2 is 0.500 bits per heavy atom. The van der Waals surface area contributed by atoms with Crippen molar-refractivity contribution in [2.45, 2.75) is 0 Å². The van der Waals surface area contributed by atoms with Crippen molar-refractivity contribution in [2.24, 2.45) is 0 Å². The van der Waals surface area contributed by atoms with E-state index in [4.69, 9.17) is 9.97 Å². The molecule has 5 heterocycles. The Bertz CT molecular complexity index is 2540. The van der Waals surface area contributed by atoms with Crippen LogP contribution in [0.3, 0.4) is 0 Å². The molecule has 0 aliphatic carbocycles. The molecule has 0 amide bonds. The maximum atomic E-state index is 5.32. The fourth-order valence-corrected chi connectivity index (χ4v) is 6.71. The van der Waals surface area contributed by atoms with E-state index in [-0.39, 0.29) is 0 Å². The molecule has 0 fully saturated rings. The highest BCUT2D eigenvalue weighted by molar-refractivity contribution is 5.95. The van der Waals surface area contributed by atoms with Gasteiger partial charge in [-0.25, -0.2) is 9.97 Å². The molecule has 0 unspecified atom stereocenters. The Hall–Kier alpha value is -7.44. The van der Waals surface area contributed by atoms with E-state index in [9.17, 15) is 0 Å². The number of hydrogen-bond donors (Lipinski definition) is 0. The summed E-state index contributed by atoms with van der Waals surface area (Å²) < 4.78 is 0. The number of hydrogen-bond acceptors (Lipinski definition) is 6. The van der Waals surface area contributed by atoms with E-state index in [2.05, 4.69) is 68.5 Å². The van der Waals surface area contributed by atoms with Gasteiger partial charge in [0, 0.05) is 46.3 Å². The molecule has 0 saturated carbocycles. The molecule has 6 heteroatoms. The first-order chi connectivity index (χ1) is 26.8. The highest BCUT2D eigenvalue weighted by atomic mass is 14.8. The molecule has 0 aliphatic heterocycles. The van der Waals surface area contributed by atoms with Crippen LogP contribution in [0.15, 0.2) is 146 Å². The molecule has 0 radical (unpaired) electrons. The molecule has 254 valence electrons. The van der Waals surface area contributed by atoms with Gasteiger partial charge in [-0.3, -0.25) is 19.9 Å². The minimum absolute atomic E-state index is 0.733. The van der Waals surface area contributed by atoms with Gasteiger partial charge < -0.3 is 0 Å². The number of para-hydroxylation sites is 4. The molecule has 9 aromatic rings. The maximum absolute atomic E-state index is 5.32. The van der Waals surface area contributed by atoms with Crippen molar-refractivity contribution in [3.05, 3.63) is 191 Å². The number of aromatic nitrogens is 6. The second kappa shape index (κ2) is 14.7. The predicted octanol–water partition coefficient (Wildman–Crippen LogP) is 11.4. The second-order valence-corrected chi connectivity index (χ2v) is 12.8. The van der Waals surface area contributed by atoms with Gasteiger partial charge in [0.05, 0.1) is 44.8 Å². The van der Waals surface area contributed by atoms with Crippen LogP contribution in [0.4, 0.5) is 0 Å². The van der Waals surface area contributed by atoms with Crippen molar-refractivity contribution in [3.63, 3.8) is 0 Å². The van der Waals surface area contributed by atoms with Crippen LogP contribution in [0.5, 0.6) is 0 Å². The largest absolute Gasteiger partial charge is 0.256 e. The van der Waals surface area contributed by atoms with Crippen molar-refractivity contribution in [2.75, 3.05) is 0 Å². The van der Waals surface area contributed by atoms with Gasteiger partial charge in [-0.1, -0.05) is 97.1 Å². The van der Waals surface area contributed by atoms with Crippen molar-refractivity contribution in [1.29, 1.82) is 0 Å². The summed E-state index contributed by atoms with van der Waals surface area (Å²) in [6, 6.07) is 40.7. The van der Waals surface area contributed by atoms with Crippen LogP contribution in [0.2, 0.25) is 0 Å². The highest BCUT2D eigenvalue weighted by Gasteiger charge is 2.10. The predicted molar refractivity (Wildman–Crippen MR) is 225 cm³/mol. The molecule has 0 aliphatic rings. The zero-order valence-electron chi connectivity index (χ0n) is 29.2. The van der Waals surface area contributed by atoms with Gasteiger partial charge in [0.1, 0.15) is 0 Å². The molecule has 54 heavy (non-hydrogen) atoms. The Morgan fingerprint density at radius 1 is 0.259 bits per heavy atom. The monoisotopic (exact) mass is 692 g/mol. The first kappa shape index (κ1) is 32.5. The van der Waals surface area contributed by atoms with Crippen LogP contribution in [0.1, 0.15) is 45.0 Å². The third-order valence-electron chi connectivity index (χ3n) is 9.42. The average Bonchev–Trinajstić information content (AvgIpc) is 3.23.